The minimum Gasteiger partial charge on any atom is -0.347 e. The predicted octanol–water partition coefficient (Wildman–Crippen LogP) is 2.34. The third-order valence-corrected chi connectivity index (χ3v) is 3.20. The molecule has 0 aliphatic carbocycles. The molecule has 1 amide bonds. The van der Waals surface area contributed by atoms with E-state index in [1.165, 1.54) is 19.9 Å². The molecule has 23 heavy (non-hydrogen) atoms. The van der Waals surface area contributed by atoms with Crippen molar-refractivity contribution < 1.29 is 18.0 Å². The summed E-state index contributed by atoms with van der Waals surface area (Å²) in [6.07, 6.45) is -4.40. The van der Waals surface area contributed by atoms with Crippen molar-refractivity contribution in [3.63, 3.8) is 0 Å². The van der Waals surface area contributed by atoms with Crippen molar-refractivity contribution in [1.29, 1.82) is 0 Å². The lowest BCUT2D eigenvalue weighted by Crippen LogP contribution is -2.26. The summed E-state index contributed by atoms with van der Waals surface area (Å²) in [4.78, 5) is 29.6. The Balaban J connectivity index is 2.11. The number of alkyl halides is 3. The molecule has 0 saturated heterocycles. The van der Waals surface area contributed by atoms with Crippen molar-refractivity contribution in [2.45, 2.75) is 26.6 Å². The third-order valence-electron chi connectivity index (χ3n) is 3.20. The maximum Gasteiger partial charge on any atom is 0.416 e. The van der Waals surface area contributed by atoms with Crippen LogP contribution in [0.5, 0.6) is 0 Å². The number of aromatic amines is 1. The van der Waals surface area contributed by atoms with Crippen LogP contribution in [0.15, 0.2) is 29.1 Å². The summed E-state index contributed by atoms with van der Waals surface area (Å²) in [5.74, 6) is -0.271. The number of aryl methyl sites for hydroxylation is 2. The molecule has 0 bridgehead atoms. The zero-order valence-corrected chi connectivity index (χ0v) is 12.4. The zero-order valence-electron chi connectivity index (χ0n) is 12.4. The fourth-order valence-electron chi connectivity index (χ4n) is 2.03. The van der Waals surface area contributed by atoms with E-state index in [0.717, 1.165) is 18.2 Å². The molecule has 2 aromatic rings. The highest BCUT2D eigenvalue weighted by Gasteiger charge is 2.30. The van der Waals surface area contributed by atoms with Gasteiger partial charge in [-0.3, -0.25) is 9.59 Å². The fraction of sp³-hybridized carbons (Fsp3) is 0.267. The third kappa shape index (κ3) is 4.18. The second-order valence-corrected chi connectivity index (χ2v) is 5.04. The number of nitrogens with zero attached hydrogens (tertiary/aromatic N) is 1. The average Bonchev–Trinajstić information content (AvgIpc) is 2.43. The first-order valence-electron chi connectivity index (χ1n) is 6.69. The molecule has 2 N–H and O–H groups in total. The average molecular weight is 325 g/mol. The van der Waals surface area contributed by atoms with Gasteiger partial charge in [0, 0.05) is 12.6 Å². The highest BCUT2D eigenvalue weighted by Crippen LogP contribution is 2.30. The predicted molar refractivity (Wildman–Crippen MR) is 76.9 cm³/mol. The van der Waals surface area contributed by atoms with Crippen LogP contribution in [-0.4, -0.2) is 15.9 Å². The summed E-state index contributed by atoms with van der Waals surface area (Å²) in [6.45, 7) is 3.11. The molecule has 0 fully saturated rings. The van der Waals surface area contributed by atoms with Crippen molar-refractivity contribution >= 4 is 5.91 Å². The molecule has 122 valence electrons. The molecular formula is C15H14F3N3O2. The lowest BCUT2D eigenvalue weighted by atomic mass is 10.0. The van der Waals surface area contributed by atoms with Gasteiger partial charge in [0.1, 0.15) is 11.5 Å². The molecule has 1 aromatic heterocycles. The van der Waals surface area contributed by atoms with Gasteiger partial charge in [0.05, 0.1) is 5.56 Å². The van der Waals surface area contributed by atoms with Crippen LogP contribution in [0.1, 0.15) is 33.0 Å². The van der Waals surface area contributed by atoms with Crippen molar-refractivity contribution in [3.05, 3.63) is 62.8 Å². The first kappa shape index (κ1) is 16.7. The molecule has 0 atom stereocenters. The van der Waals surface area contributed by atoms with Gasteiger partial charge in [-0.1, -0.05) is 6.07 Å². The zero-order chi connectivity index (χ0) is 17.2. The topological polar surface area (TPSA) is 74.8 Å². The van der Waals surface area contributed by atoms with Crippen LogP contribution in [0.25, 0.3) is 0 Å². The number of amides is 1. The summed E-state index contributed by atoms with van der Waals surface area (Å²) in [5, 5.41) is 2.53. The SMILES string of the molecule is Cc1nc(C(=O)NCc2ccc(C(F)(F)F)cc2C)cc(=O)[nH]1. The first-order valence-corrected chi connectivity index (χ1v) is 6.69. The number of rotatable bonds is 3. The highest BCUT2D eigenvalue weighted by molar-refractivity contribution is 5.92. The number of nitrogens with one attached hydrogen (secondary N) is 2. The largest absolute Gasteiger partial charge is 0.416 e. The normalized spacial score (nSPS) is 11.3. The summed E-state index contributed by atoms with van der Waals surface area (Å²) in [6, 6.07) is 4.36. The summed E-state index contributed by atoms with van der Waals surface area (Å²) in [5.41, 5.74) is -0.274. The van der Waals surface area contributed by atoms with Gasteiger partial charge in [0.15, 0.2) is 0 Å². The molecule has 1 aromatic carbocycles. The van der Waals surface area contributed by atoms with Gasteiger partial charge in [-0.25, -0.2) is 4.98 Å². The Labute approximate surface area is 129 Å². The standard InChI is InChI=1S/C15H14F3N3O2/c1-8-5-11(15(16,17)18)4-3-10(8)7-19-14(23)12-6-13(22)21-9(2)20-12/h3-6H,7H2,1-2H3,(H,19,23)(H,20,21,22). The molecule has 8 heteroatoms. The van der Waals surface area contributed by atoms with Crippen LogP contribution < -0.4 is 10.9 Å². The van der Waals surface area contributed by atoms with Crippen LogP contribution >= 0.6 is 0 Å². The minimum atomic E-state index is -4.40. The molecule has 5 nitrogen and oxygen atoms in total. The molecule has 2 rings (SSSR count). The first-order chi connectivity index (χ1) is 10.7. The van der Waals surface area contributed by atoms with Crippen molar-refractivity contribution in [2.75, 3.05) is 0 Å². The van der Waals surface area contributed by atoms with E-state index in [-0.39, 0.29) is 12.2 Å². The molecule has 0 unspecified atom stereocenters. The van der Waals surface area contributed by atoms with E-state index in [1.54, 1.807) is 0 Å². The van der Waals surface area contributed by atoms with Crippen LogP contribution in [0.4, 0.5) is 13.2 Å². The van der Waals surface area contributed by atoms with Gasteiger partial charge in [0.25, 0.3) is 11.5 Å². The lowest BCUT2D eigenvalue weighted by Gasteiger charge is -2.11. The highest BCUT2D eigenvalue weighted by atomic mass is 19.4. The van der Waals surface area contributed by atoms with Gasteiger partial charge < -0.3 is 10.3 Å². The number of H-pyrrole nitrogens is 1. The van der Waals surface area contributed by atoms with Gasteiger partial charge in [-0.2, -0.15) is 13.2 Å². The molecule has 0 radical (unpaired) electrons. The van der Waals surface area contributed by atoms with Crippen molar-refractivity contribution in [3.8, 4) is 0 Å². The van der Waals surface area contributed by atoms with Crippen LogP contribution in [0.2, 0.25) is 0 Å². The van der Waals surface area contributed by atoms with Crippen molar-refractivity contribution in [1.82, 2.24) is 15.3 Å². The van der Waals surface area contributed by atoms with Gasteiger partial charge in [0.2, 0.25) is 0 Å². The molecule has 0 aliphatic rings. The Morgan fingerprint density at radius 3 is 2.52 bits per heavy atom. The van der Waals surface area contributed by atoms with E-state index in [4.69, 9.17) is 0 Å². The van der Waals surface area contributed by atoms with Crippen LogP contribution in [0.3, 0.4) is 0 Å². The van der Waals surface area contributed by atoms with E-state index < -0.39 is 23.2 Å². The van der Waals surface area contributed by atoms with E-state index >= 15 is 0 Å². The van der Waals surface area contributed by atoms with Gasteiger partial charge >= 0.3 is 6.18 Å². The van der Waals surface area contributed by atoms with E-state index in [9.17, 15) is 22.8 Å². The molecule has 0 saturated carbocycles. The monoisotopic (exact) mass is 325 g/mol. The van der Waals surface area contributed by atoms with Crippen LogP contribution in [-0.2, 0) is 12.7 Å². The lowest BCUT2D eigenvalue weighted by molar-refractivity contribution is -0.137. The number of halogens is 3. The van der Waals surface area contributed by atoms with E-state index in [2.05, 4.69) is 15.3 Å². The summed E-state index contributed by atoms with van der Waals surface area (Å²) >= 11 is 0. The Hall–Kier alpha value is -2.64. The summed E-state index contributed by atoms with van der Waals surface area (Å²) < 4.78 is 37.8. The Morgan fingerprint density at radius 2 is 1.96 bits per heavy atom. The second-order valence-electron chi connectivity index (χ2n) is 5.04. The number of carbonyl (C=O) groups excluding carboxylic acids is 1. The summed E-state index contributed by atoms with van der Waals surface area (Å²) in [7, 11) is 0. The molecular weight excluding hydrogens is 311 g/mol. The fourth-order valence-corrected chi connectivity index (χ4v) is 2.03. The number of hydrogen-bond acceptors (Lipinski definition) is 3. The smallest absolute Gasteiger partial charge is 0.347 e. The number of carbonyl (C=O) groups is 1. The number of benzene rings is 1. The molecule has 0 spiro atoms. The number of hydrogen-bond donors (Lipinski definition) is 2. The van der Waals surface area contributed by atoms with Gasteiger partial charge in [-0.05, 0) is 37.1 Å². The second kappa shape index (κ2) is 6.23. The Kier molecular flexibility index (Phi) is 4.53. The minimum absolute atomic E-state index is 0.0380. The van der Waals surface area contributed by atoms with E-state index in [0.29, 0.717) is 17.0 Å². The number of aromatic nitrogens is 2. The molecule has 0 aliphatic heterocycles. The quantitative estimate of drug-likeness (QED) is 0.909. The maximum absolute atomic E-state index is 12.6. The Bertz CT molecular complexity index is 797. The molecule has 1 heterocycles. The Morgan fingerprint density at radius 1 is 1.26 bits per heavy atom. The maximum atomic E-state index is 12.6. The van der Waals surface area contributed by atoms with Crippen LogP contribution in [0, 0.1) is 13.8 Å². The van der Waals surface area contributed by atoms with E-state index in [1.807, 2.05) is 0 Å². The van der Waals surface area contributed by atoms with Crippen molar-refractivity contribution in [2.24, 2.45) is 0 Å². The van der Waals surface area contributed by atoms with Gasteiger partial charge in [-0.15, -0.1) is 0 Å².